The Morgan fingerprint density at radius 2 is 1.79 bits per heavy atom. The maximum Gasteiger partial charge on any atom is 0.157 e. The quantitative estimate of drug-likeness (QED) is 0.391. The highest BCUT2D eigenvalue weighted by Crippen LogP contribution is 2.34. The second kappa shape index (κ2) is 7.70. The summed E-state index contributed by atoms with van der Waals surface area (Å²) in [6.45, 7) is 0. The van der Waals surface area contributed by atoms with Gasteiger partial charge in [-0.2, -0.15) is 0 Å². The minimum absolute atomic E-state index is 0.0375. The van der Waals surface area contributed by atoms with Crippen LogP contribution in [0.4, 0.5) is 18.9 Å². The van der Waals surface area contributed by atoms with E-state index in [0.29, 0.717) is 5.02 Å². The van der Waals surface area contributed by atoms with E-state index < -0.39 is 34.0 Å². The maximum atomic E-state index is 15.1. The van der Waals surface area contributed by atoms with Crippen molar-refractivity contribution < 1.29 is 17.4 Å². The molecule has 1 unspecified atom stereocenters. The number of H-pyrrole nitrogens is 1. The van der Waals surface area contributed by atoms with E-state index in [1.807, 2.05) is 0 Å². The molecule has 148 valence electrons. The zero-order chi connectivity index (χ0) is 20.7. The summed E-state index contributed by atoms with van der Waals surface area (Å²) >= 11 is 11.9. The number of aromatic amines is 1. The van der Waals surface area contributed by atoms with Gasteiger partial charge in [0.05, 0.1) is 33.0 Å². The van der Waals surface area contributed by atoms with Gasteiger partial charge in [-0.1, -0.05) is 23.2 Å². The van der Waals surface area contributed by atoms with Crippen LogP contribution in [0.1, 0.15) is 0 Å². The van der Waals surface area contributed by atoms with Crippen molar-refractivity contribution in [3.05, 3.63) is 76.3 Å². The number of halogens is 5. The summed E-state index contributed by atoms with van der Waals surface area (Å²) in [5.74, 6) is -2.67. The molecule has 0 saturated carbocycles. The van der Waals surface area contributed by atoms with E-state index in [1.54, 1.807) is 0 Å². The second-order valence-electron chi connectivity index (χ2n) is 5.99. The molecular weight excluding hydrogens is 446 g/mol. The van der Waals surface area contributed by atoms with Crippen molar-refractivity contribution in [1.82, 2.24) is 9.97 Å². The fourth-order valence-corrected chi connectivity index (χ4v) is 4.33. The standard InChI is InChI=1S/C19H10Cl2F3N3OS/c20-10-1-2-11(21)16(7-10)29(28)27-14-4-3-12(22)17(18(14)24)9-5-13(23)19-15(6-9)25-8-26-19/h1-8,27H,(H,25,26). The minimum Gasteiger partial charge on any atom is -0.344 e. The van der Waals surface area contributed by atoms with Crippen molar-refractivity contribution >= 4 is 50.9 Å². The summed E-state index contributed by atoms with van der Waals surface area (Å²) in [7, 11) is -1.98. The molecule has 29 heavy (non-hydrogen) atoms. The number of aromatic nitrogens is 2. The molecule has 1 heterocycles. The Labute approximate surface area is 175 Å². The maximum absolute atomic E-state index is 15.1. The van der Waals surface area contributed by atoms with E-state index in [9.17, 15) is 13.0 Å². The highest BCUT2D eigenvalue weighted by Gasteiger charge is 2.20. The molecule has 0 bridgehead atoms. The van der Waals surface area contributed by atoms with Gasteiger partial charge in [-0.3, -0.25) is 4.72 Å². The summed E-state index contributed by atoms with van der Waals surface area (Å²) in [5.41, 5.74) is -0.419. The van der Waals surface area contributed by atoms with Gasteiger partial charge in [0.25, 0.3) is 0 Å². The Morgan fingerprint density at radius 3 is 2.59 bits per heavy atom. The Hall–Kier alpha value is -2.55. The molecular formula is C19H10Cl2F3N3OS. The summed E-state index contributed by atoms with van der Waals surface area (Å²) < 4.78 is 58.8. The second-order valence-corrected chi connectivity index (χ2v) is 8.01. The van der Waals surface area contributed by atoms with E-state index in [1.165, 1.54) is 30.6 Å². The Balaban J connectivity index is 1.77. The van der Waals surface area contributed by atoms with E-state index in [-0.39, 0.29) is 32.2 Å². The van der Waals surface area contributed by atoms with Crippen LogP contribution < -0.4 is 4.72 Å². The molecule has 4 nitrogen and oxygen atoms in total. The van der Waals surface area contributed by atoms with Crippen LogP contribution in [0, 0.1) is 17.5 Å². The number of fused-ring (bicyclic) bond motifs is 1. The molecule has 0 radical (unpaired) electrons. The molecule has 10 heteroatoms. The molecule has 0 amide bonds. The lowest BCUT2D eigenvalue weighted by molar-refractivity contribution is 0.591. The van der Waals surface area contributed by atoms with Crippen molar-refractivity contribution in [2.24, 2.45) is 0 Å². The third-order valence-corrected chi connectivity index (χ3v) is 5.97. The average Bonchev–Trinajstić information content (AvgIpc) is 3.15. The topological polar surface area (TPSA) is 57.8 Å². The molecule has 2 N–H and O–H groups in total. The number of rotatable bonds is 4. The lowest BCUT2D eigenvalue weighted by atomic mass is 10.0. The van der Waals surface area contributed by atoms with Gasteiger partial charge in [0, 0.05) is 5.02 Å². The van der Waals surface area contributed by atoms with Crippen LogP contribution in [0.2, 0.25) is 10.0 Å². The van der Waals surface area contributed by atoms with Crippen LogP contribution in [0.3, 0.4) is 0 Å². The van der Waals surface area contributed by atoms with Crippen molar-refractivity contribution in [3.8, 4) is 11.1 Å². The monoisotopic (exact) mass is 455 g/mol. The molecule has 4 rings (SSSR count). The number of nitrogens with one attached hydrogen (secondary N) is 2. The molecule has 0 spiro atoms. The van der Waals surface area contributed by atoms with Crippen LogP contribution in [0.15, 0.2) is 53.7 Å². The first-order chi connectivity index (χ1) is 13.8. The summed E-state index contributed by atoms with van der Waals surface area (Å²) in [4.78, 5) is 6.65. The third kappa shape index (κ3) is 3.71. The lowest BCUT2D eigenvalue weighted by Crippen LogP contribution is -2.08. The van der Waals surface area contributed by atoms with Gasteiger partial charge in [0.2, 0.25) is 0 Å². The average molecular weight is 456 g/mol. The van der Waals surface area contributed by atoms with E-state index in [2.05, 4.69) is 14.7 Å². The van der Waals surface area contributed by atoms with Gasteiger partial charge in [0.15, 0.2) is 22.6 Å². The summed E-state index contributed by atoms with van der Waals surface area (Å²) in [5, 5.41) is 0.456. The van der Waals surface area contributed by atoms with Gasteiger partial charge < -0.3 is 4.98 Å². The third-order valence-electron chi connectivity index (χ3n) is 4.15. The summed E-state index contributed by atoms with van der Waals surface area (Å²) in [6.07, 6.45) is 1.28. The fraction of sp³-hybridized carbons (Fsp3) is 0. The summed E-state index contributed by atoms with van der Waals surface area (Å²) in [6, 6.07) is 8.79. The van der Waals surface area contributed by atoms with Gasteiger partial charge >= 0.3 is 0 Å². The highest BCUT2D eigenvalue weighted by atomic mass is 35.5. The zero-order valence-electron chi connectivity index (χ0n) is 14.3. The molecule has 1 atom stereocenters. The predicted octanol–water partition coefficient (Wildman–Crippen LogP) is 6.09. The lowest BCUT2D eigenvalue weighted by Gasteiger charge is -2.13. The van der Waals surface area contributed by atoms with Gasteiger partial charge in [-0.15, -0.1) is 0 Å². The SMILES string of the molecule is O=S(Nc1ccc(F)c(-c2cc(F)c3nc[nH]c3c2)c1F)c1cc(Cl)ccc1Cl. The fourth-order valence-electron chi connectivity index (χ4n) is 2.82. The van der Waals surface area contributed by atoms with E-state index >= 15 is 4.39 Å². The predicted molar refractivity (Wildman–Crippen MR) is 108 cm³/mol. The number of hydrogen-bond acceptors (Lipinski definition) is 2. The molecule has 0 aliphatic heterocycles. The number of anilines is 1. The Kier molecular flexibility index (Phi) is 5.24. The molecule has 0 saturated heterocycles. The molecule has 3 aromatic carbocycles. The van der Waals surface area contributed by atoms with Crippen LogP contribution in [0.5, 0.6) is 0 Å². The molecule has 0 fully saturated rings. The van der Waals surface area contributed by atoms with Crippen LogP contribution in [0.25, 0.3) is 22.2 Å². The Morgan fingerprint density at radius 1 is 1.00 bits per heavy atom. The minimum atomic E-state index is -1.98. The molecule has 4 aromatic rings. The number of hydrogen-bond donors (Lipinski definition) is 2. The van der Waals surface area contributed by atoms with Gasteiger partial charge in [0.1, 0.15) is 11.3 Å². The molecule has 0 aliphatic carbocycles. The van der Waals surface area contributed by atoms with Gasteiger partial charge in [-0.25, -0.2) is 22.4 Å². The number of imidazole rings is 1. The number of benzene rings is 3. The zero-order valence-corrected chi connectivity index (χ0v) is 16.6. The molecule has 0 aliphatic rings. The first-order valence-corrected chi connectivity index (χ1v) is 10.00. The van der Waals surface area contributed by atoms with Crippen molar-refractivity contribution in [2.45, 2.75) is 4.90 Å². The van der Waals surface area contributed by atoms with Crippen LogP contribution >= 0.6 is 23.2 Å². The highest BCUT2D eigenvalue weighted by molar-refractivity contribution is 7.86. The first kappa shape index (κ1) is 19.8. The van der Waals surface area contributed by atoms with Crippen molar-refractivity contribution in [2.75, 3.05) is 4.72 Å². The van der Waals surface area contributed by atoms with Crippen molar-refractivity contribution in [1.29, 1.82) is 0 Å². The van der Waals surface area contributed by atoms with E-state index in [0.717, 1.165) is 18.2 Å². The molecule has 1 aromatic heterocycles. The van der Waals surface area contributed by atoms with E-state index in [4.69, 9.17) is 23.2 Å². The smallest absolute Gasteiger partial charge is 0.157 e. The Bertz CT molecular complexity index is 1280. The van der Waals surface area contributed by atoms with Crippen LogP contribution in [-0.2, 0) is 11.0 Å². The normalized spacial score (nSPS) is 12.3. The first-order valence-electron chi connectivity index (χ1n) is 8.09. The van der Waals surface area contributed by atoms with Crippen LogP contribution in [-0.4, -0.2) is 14.2 Å². The van der Waals surface area contributed by atoms with Crippen molar-refractivity contribution in [3.63, 3.8) is 0 Å². The largest absolute Gasteiger partial charge is 0.344 e. The number of nitrogens with zero attached hydrogens (tertiary/aromatic N) is 1. The van der Waals surface area contributed by atoms with Gasteiger partial charge in [-0.05, 0) is 48.0 Å².